The maximum absolute atomic E-state index is 12.9. The van der Waals surface area contributed by atoms with Crippen LogP contribution in [-0.2, 0) is 15.0 Å². The van der Waals surface area contributed by atoms with Gasteiger partial charge in [0.2, 0.25) is 5.91 Å². The van der Waals surface area contributed by atoms with Gasteiger partial charge in [-0.25, -0.2) is 4.79 Å². The van der Waals surface area contributed by atoms with Crippen LogP contribution in [0.1, 0.15) is 56.6 Å². The van der Waals surface area contributed by atoms with Gasteiger partial charge in [-0.3, -0.25) is 4.79 Å². The minimum absolute atomic E-state index is 0.178. The van der Waals surface area contributed by atoms with Crippen LogP contribution in [0.2, 0.25) is 0 Å². The summed E-state index contributed by atoms with van der Waals surface area (Å²) in [6.45, 7) is 3.97. The predicted molar refractivity (Wildman–Crippen MR) is 92.4 cm³/mol. The molecule has 1 aliphatic carbocycles. The first-order valence-electron chi connectivity index (χ1n) is 8.63. The average Bonchev–Trinajstić information content (AvgIpc) is 2.51. The van der Waals surface area contributed by atoms with E-state index in [-0.39, 0.29) is 5.91 Å². The molecule has 5 nitrogen and oxygen atoms in total. The molecule has 1 amide bonds. The summed E-state index contributed by atoms with van der Waals surface area (Å²) in [6.07, 6.45) is 4.60. The number of ether oxygens (including phenoxy) is 1. The van der Waals surface area contributed by atoms with Gasteiger partial charge in [-0.05, 0) is 43.4 Å². The molecule has 0 saturated heterocycles. The minimum Gasteiger partial charge on any atom is -0.496 e. The maximum Gasteiger partial charge on any atom is 0.326 e. The number of aliphatic carboxylic acids is 1. The summed E-state index contributed by atoms with van der Waals surface area (Å²) in [6, 6.07) is 5.00. The second-order valence-corrected chi connectivity index (χ2v) is 6.63. The molecule has 5 heteroatoms. The predicted octanol–water partition coefficient (Wildman–Crippen LogP) is 3.18. The Morgan fingerprint density at radius 2 is 2.08 bits per heavy atom. The Morgan fingerprint density at radius 1 is 1.38 bits per heavy atom. The zero-order chi connectivity index (χ0) is 17.7. The third-order valence-electron chi connectivity index (χ3n) is 5.05. The molecule has 0 radical (unpaired) electrons. The lowest BCUT2D eigenvalue weighted by molar-refractivity contribution is -0.143. The van der Waals surface area contributed by atoms with Gasteiger partial charge in [0.25, 0.3) is 0 Å². The number of carbonyl (C=O) groups is 2. The topological polar surface area (TPSA) is 75.6 Å². The van der Waals surface area contributed by atoms with E-state index in [4.69, 9.17) is 4.74 Å². The van der Waals surface area contributed by atoms with Crippen molar-refractivity contribution in [3.05, 3.63) is 29.3 Å². The molecular formula is C19H27NO4. The number of amides is 1. The number of carboxylic acids is 1. The van der Waals surface area contributed by atoms with Gasteiger partial charge in [-0.15, -0.1) is 0 Å². The molecule has 1 atom stereocenters. The van der Waals surface area contributed by atoms with Crippen LogP contribution in [0.4, 0.5) is 0 Å². The van der Waals surface area contributed by atoms with E-state index in [1.165, 1.54) is 0 Å². The van der Waals surface area contributed by atoms with Crippen molar-refractivity contribution < 1.29 is 19.4 Å². The van der Waals surface area contributed by atoms with Crippen molar-refractivity contribution in [1.82, 2.24) is 5.32 Å². The van der Waals surface area contributed by atoms with Gasteiger partial charge in [-0.2, -0.15) is 0 Å². The summed E-state index contributed by atoms with van der Waals surface area (Å²) in [5.74, 6) is -0.386. The molecule has 1 unspecified atom stereocenters. The van der Waals surface area contributed by atoms with Gasteiger partial charge in [0.1, 0.15) is 11.8 Å². The summed E-state index contributed by atoms with van der Waals surface area (Å²) >= 11 is 0. The normalized spacial score (nSPS) is 16.8. The lowest BCUT2D eigenvalue weighted by Crippen LogP contribution is -2.53. The number of benzene rings is 1. The van der Waals surface area contributed by atoms with Crippen LogP contribution in [0, 0.1) is 6.92 Å². The first-order valence-corrected chi connectivity index (χ1v) is 8.63. The van der Waals surface area contributed by atoms with E-state index >= 15 is 0 Å². The number of carbonyl (C=O) groups excluding carboxylic acids is 1. The van der Waals surface area contributed by atoms with Gasteiger partial charge >= 0.3 is 5.97 Å². The number of nitrogens with one attached hydrogen (secondary N) is 1. The Morgan fingerprint density at radius 3 is 2.58 bits per heavy atom. The minimum atomic E-state index is -0.965. The molecule has 1 aromatic rings. The summed E-state index contributed by atoms with van der Waals surface area (Å²) in [5, 5.41) is 12.1. The van der Waals surface area contributed by atoms with Gasteiger partial charge in [0, 0.05) is 0 Å². The van der Waals surface area contributed by atoms with E-state index in [0.717, 1.165) is 49.0 Å². The zero-order valence-electron chi connectivity index (χ0n) is 14.7. The zero-order valence-corrected chi connectivity index (χ0v) is 14.7. The molecule has 1 aromatic carbocycles. The Bertz CT molecular complexity index is 607. The fourth-order valence-electron chi connectivity index (χ4n) is 3.26. The Balaban J connectivity index is 2.22. The van der Waals surface area contributed by atoms with Gasteiger partial charge in [0.15, 0.2) is 0 Å². The van der Waals surface area contributed by atoms with E-state index < -0.39 is 17.4 Å². The van der Waals surface area contributed by atoms with Gasteiger partial charge in [-0.1, -0.05) is 38.3 Å². The first kappa shape index (κ1) is 18.3. The summed E-state index contributed by atoms with van der Waals surface area (Å²) in [7, 11) is 1.62. The van der Waals surface area contributed by atoms with E-state index in [2.05, 4.69) is 5.32 Å². The van der Waals surface area contributed by atoms with Crippen LogP contribution < -0.4 is 10.1 Å². The molecular weight excluding hydrogens is 306 g/mol. The molecule has 0 spiro atoms. The molecule has 0 aliphatic heterocycles. The molecule has 0 bridgehead atoms. The van der Waals surface area contributed by atoms with Crippen LogP contribution in [0.25, 0.3) is 0 Å². The third kappa shape index (κ3) is 3.55. The summed E-state index contributed by atoms with van der Waals surface area (Å²) < 4.78 is 5.38. The van der Waals surface area contributed by atoms with Crippen LogP contribution in [-0.4, -0.2) is 30.1 Å². The Kier molecular flexibility index (Phi) is 5.86. The quantitative estimate of drug-likeness (QED) is 0.766. The van der Waals surface area contributed by atoms with Crippen LogP contribution >= 0.6 is 0 Å². The van der Waals surface area contributed by atoms with E-state index in [1.54, 1.807) is 7.11 Å². The van der Waals surface area contributed by atoms with Crippen molar-refractivity contribution in [1.29, 1.82) is 0 Å². The Hall–Kier alpha value is -2.04. The van der Waals surface area contributed by atoms with Crippen molar-refractivity contribution in [2.24, 2.45) is 0 Å². The number of unbranched alkanes of at least 4 members (excludes halogenated alkanes) is 1. The SMILES string of the molecule is CCCCC(NC(=O)C1(c2ccc(C)c(OC)c2)CCC1)C(=O)O. The van der Waals surface area contributed by atoms with E-state index in [1.807, 2.05) is 32.0 Å². The molecule has 1 fully saturated rings. The van der Waals surface area contributed by atoms with E-state index in [0.29, 0.717) is 6.42 Å². The Labute approximate surface area is 143 Å². The molecule has 0 heterocycles. The average molecular weight is 333 g/mol. The van der Waals surface area contributed by atoms with E-state index in [9.17, 15) is 14.7 Å². The molecule has 0 aromatic heterocycles. The summed E-state index contributed by atoms with van der Waals surface area (Å²) in [5.41, 5.74) is 1.30. The highest BCUT2D eigenvalue weighted by molar-refractivity contribution is 5.92. The lowest BCUT2D eigenvalue weighted by atomic mass is 9.63. The molecule has 1 saturated carbocycles. The number of hydrogen-bond acceptors (Lipinski definition) is 3. The number of aryl methyl sites for hydroxylation is 1. The lowest BCUT2D eigenvalue weighted by Gasteiger charge is -2.41. The monoisotopic (exact) mass is 333 g/mol. The summed E-state index contributed by atoms with van der Waals surface area (Å²) in [4.78, 5) is 24.3. The fraction of sp³-hybridized carbons (Fsp3) is 0.579. The van der Waals surface area contributed by atoms with Crippen molar-refractivity contribution in [2.45, 2.75) is 63.8 Å². The standard InChI is InChI=1S/C19H27NO4/c1-4-5-7-15(17(21)22)20-18(23)19(10-6-11-19)14-9-8-13(2)16(12-14)24-3/h8-9,12,15H,4-7,10-11H2,1-3H3,(H,20,23)(H,21,22). The van der Waals surface area contributed by atoms with Crippen molar-refractivity contribution in [2.75, 3.05) is 7.11 Å². The fourth-order valence-corrected chi connectivity index (χ4v) is 3.26. The number of carboxylic acid groups (broad SMARTS) is 1. The third-order valence-corrected chi connectivity index (χ3v) is 5.05. The van der Waals surface area contributed by atoms with Crippen LogP contribution in [0.15, 0.2) is 18.2 Å². The van der Waals surface area contributed by atoms with Crippen LogP contribution in [0.3, 0.4) is 0 Å². The largest absolute Gasteiger partial charge is 0.496 e. The molecule has 2 N–H and O–H groups in total. The molecule has 2 rings (SSSR count). The highest BCUT2D eigenvalue weighted by atomic mass is 16.5. The second kappa shape index (κ2) is 7.69. The van der Waals surface area contributed by atoms with Gasteiger partial charge < -0.3 is 15.2 Å². The smallest absolute Gasteiger partial charge is 0.326 e. The van der Waals surface area contributed by atoms with Gasteiger partial charge in [0.05, 0.1) is 12.5 Å². The number of hydrogen-bond donors (Lipinski definition) is 2. The first-order chi connectivity index (χ1) is 11.4. The molecule has 24 heavy (non-hydrogen) atoms. The van der Waals surface area contributed by atoms with Crippen LogP contribution in [0.5, 0.6) is 5.75 Å². The molecule has 1 aliphatic rings. The maximum atomic E-state index is 12.9. The van der Waals surface area contributed by atoms with Crippen molar-refractivity contribution >= 4 is 11.9 Å². The van der Waals surface area contributed by atoms with Crippen molar-refractivity contribution in [3.8, 4) is 5.75 Å². The molecule has 132 valence electrons. The number of rotatable bonds is 8. The highest BCUT2D eigenvalue weighted by Gasteiger charge is 2.46. The highest BCUT2D eigenvalue weighted by Crippen LogP contribution is 2.45. The van der Waals surface area contributed by atoms with Crippen molar-refractivity contribution in [3.63, 3.8) is 0 Å². The number of methoxy groups -OCH3 is 1. The second-order valence-electron chi connectivity index (χ2n) is 6.63.